The van der Waals surface area contributed by atoms with Crippen LogP contribution in [-0.4, -0.2) is 41.9 Å². The Morgan fingerprint density at radius 3 is 2.08 bits per heavy atom. The van der Waals surface area contributed by atoms with E-state index in [1.807, 2.05) is 74.5 Å². The van der Waals surface area contributed by atoms with Crippen molar-refractivity contribution in [2.75, 3.05) is 0 Å². The Morgan fingerprint density at radius 2 is 1.38 bits per heavy atom. The lowest BCUT2D eigenvalue weighted by molar-refractivity contribution is 0.0696. The van der Waals surface area contributed by atoms with Crippen LogP contribution >= 0.6 is 0 Å². The highest BCUT2D eigenvalue weighted by Crippen LogP contribution is 2.31. The number of aromatic carboxylic acids is 1. The molecular weight excluding hydrogens is 502 g/mol. The van der Waals surface area contributed by atoms with Gasteiger partial charge in [-0.3, -0.25) is 9.97 Å². The Morgan fingerprint density at radius 1 is 0.725 bits per heavy atom. The molecule has 0 bridgehead atoms. The maximum atomic E-state index is 11.6. The molecule has 0 fully saturated rings. The molecule has 196 valence electrons. The van der Waals surface area contributed by atoms with E-state index >= 15 is 0 Å². The largest absolute Gasteiger partial charge is 0.491 e. The topological polar surface area (TPSA) is 103 Å². The van der Waals surface area contributed by atoms with Crippen LogP contribution in [0, 0.1) is 0 Å². The molecule has 8 nitrogen and oxygen atoms in total. The zero-order chi connectivity index (χ0) is 27.6. The summed E-state index contributed by atoms with van der Waals surface area (Å²) in [5.41, 5.74) is 7.06. The molecule has 0 radical (unpaired) electrons. The van der Waals surface area contributed by atoms with E-state index in [4.69, 9.17) is 9.84 Å². The molecule has 8 heteroatoms. The van der Waals surface area contributed by atoms with Crippen molar-refractivity contribution in [3.8, 4) is 45.2 Å². The van der Waals surface area contributed by atoms with Crippen molar-refractivity contribution >= 4 is 17.0 Å². The van der Waals surface area contributed by atoms with Gasteiger partial charge in [-0.25, -0.2) is 14.5 Å². The zero-order valence-corrected chi connectivity index (χ0v) is 21.9. The number of ether oxygens (including phenoxy) is 1. The molecule has 6 rings (SSSR count). The van der Waals surface area contributed by atoms with Crippen molar-refractivity contribution in [3.05, 3.63) is 109 Å². The van der Waals surface area contributed by atoms with E-state index in [1.165, 1.54) is 18.3 Å². The van der Waals surface area contributed by atoms with E-state index < -0.39 is 5.97 Å². The number of benzene rings is 3. The summed E-state index contributed by atoms with van der Waals surface area (Å²) >= 11 is 0. The first-order valence-electron chi connectivity index (χ1n) is 12.8. The van der Waals surface area contributed by atoms with E-state index in [0.717, 1.165) is 50.4 Å². The van der Waals surface area contributed by atoms with E-state index in [0.29, 0.717) is 5.82 Å². The van der Waals surface area contributed by atoms with Crippen LogP contribution in [-0.2, 0) is 0 Å². The van der Waals surface area contributed by atoms with Crippen molar-refractivity contribution in [2.24, 2.45) is 0 Å². The number of carboxylic acids is 1. The van der Waals surface area contributed by atoms with Crippen LogP contribution in [0.1, 0.15) is 24.2 Å². The standard InChI is InChI=1S/C32H25N5O3/c1-20(2)40-26-10-7-22(8-11-26)21-3-5-23(6-4-21)28-19-30(24-9-12-27-29(17-24)34-16-15-33-27)37(36-28)31-18-25(32(38)39)13-14-35-31/h3-20H,1-2H3,(H,38,39). The zero-order valence-electron chi connectivity index (χ0n) is 21.9. The Hall–Kier alpha value is -5.37. The molecular formula is C32H25N5O3. The summed E-state index contributed by atoms with van der Waals surface area (Å²) in [6.07, 6.45) is 4.91. The summed E-state index contributed by atoms with van der Waals surface area (Å²) in [4.78, 5) is 24.9. The van der Waals surface area contributed by atoms with Crippen LogP contribution in [0.5, 0.6) is 5.75 Å². The van der Waals surface area contributed by atoms with E-state index in [1.54, 1.807) is 17.1 Å². The Labute approximate surface area is 230 Å². The highest BCUT2D eigenvalue weighted by Gasteiger charge is 2.16. The van der Waals surface area contributed by atoms with Crippen molar-refractivity contribution in [1.82, 2.24) is 24.7 Å². The van der Waals surface area contributed by atoms with Crippen LogP contribution < -0.4 is 4.74 Å². The number of aromatic nitrogens is 5. The minimum atomic E-state index is -1.03. The number of pyridine rings is 1. The smallest absolute Gasteiger partial charge is 0.335 e. The van der Waals surface area contributed by atoms with Gasteiger partial charge in [0, 0.05) is 29.7 Å². The second kappa shape index (κ2) is 10.4. The third-order valence-electron chi connectivity index (χ3n) is 6.42. The summed E-state index contributed by atoms with van der Waals surface area (Å²) in [6, 6.07) is 26.9. The molecule has 0 spiro atoms. The first kappa shape index (κ1) is 24.9. The summed E-state index contributed by atoms with van der Waals surface area (Å²) < 4.78 is 7.42. The van der Waals surface area contributed by atoms with Crippen LogP contribution in [0.4, 0.5) is 0 Å². The van der Waals surface area contributed by atoms with E-state index in [2.05, 4.69) is 27.1 Å². The second-order valence-electron chi connectivity index (χ2n) is 9.56. The monoisotopic (exact) mass is 527 g/mol. The maximum absolute atomic E-state index is 11.6. The van der Waals surface area contributed by atoms with Crippen molar-refractivity contribution in [3.63, 3.8) is 0 Å². The van der Waals surface area contributed by atoms with Gasteiger partial charge in [-0.2, -0.15) is 5.10 Å². The molecule has 3 aromatic carbocycles. The van der Waals surface area contributed by atoms with Gasteiger partial charge in [0.25, 0.3) is 0 Å². The number of rotatable bonds is 7. The number of hydrogen-bond donors (Lipinski definition) is 1. The summed E-state index contributed by atoms with van der Waals surface area (Å²) in [5.74, 6) is 0.215. The SMILES string of the molecule is CC(C)Oc1ccc(-c2ccc(-c3cc(-c4ccc5nccnc5c4)n(-c4cc(C(=O)O)ccn4)n3)cc2)cc1. The van der Waals surface area contributed by atoms with Gasteiger partial charge in [0.1, 0.15) is 5.75 Å². The highest BCUT2D eigenvalue weighted by atomic mass is 16.5. The molecule has 0 amide bonds. The van der Waals surface area contributed by atoms with Crippen LogP contribution in [0.25, 0.3) is 50.5 Å². The van der Waals surface area contributed by atoms with Gasteiger partial charge >= 0.3 is 5.97 Å². The molecule has 3 heterocycles. The molecule has 0 aliphatic carbocycles. The fourth-order valence-electron chi connectivity index (χ4n) is 4.52. The predicted octanol–water partition coefficient (Wildman–Crippen LogP) is 6.70. The fraction of sp³-hybridized carbons (Fsp3) is 0.0938. The molecule has 0 saturated heterocycles. The van der Waals surface area contributed by atoms with Crippen molar-refractivity contribution < 1.29 is 14.6 Å². The highest BCUT2D eigenvalue weighted by molar-refractivity contribution is 5.88. The molecule has 0 atom stereocenters. The quantitative estimate of drug-likeness (QED) is 0.246. The molecule has 0 aliphatic rings. The molecule has 6 aromatic rings. The lowest BCUT2D eigenvalue weighted by Crippen LogP contribution is -2.05. The lowest BCUT2D eigenvalue weighted by atomic mass is 10.0. The van der Waals surface area contributed by atoms with Gasteiger partial charge in [0.15, 0.2) is 5.82 Å². The second-order valence-corrected chi connectivity index (χ2v) is 9.56. The van der Waals surface area contributed by atoms with Gasteiger partial charge in [-0.15, -0.1) is 0 Å². The Kier molecular flexibility index (Phi) is 6.49. The number of carboxylic acid groups (broad SMARTS) is 1. The fourth-order valence-corrected chi connectivity index (χ4v) is 4.52. The molecule has 0 unspecified atom stereocenters. The Bertz CT molecular complexity index is 1830. The third-order valence-corrected chi connectivity index (χ3v) is 6.42. The molecule has 1 N–H and O–H groups in total. The van der Waals surface area contributed by atoms with Crippen LogP contribution in [0.3, 0.4) is 0 Å². The number of nitrogens with zero attached hydrogens (tertiary/aromatic N) is 5. The summed E-state index contributed by atoms with van der Waals surface area (Å²) in [7, 11) is 0. The van der Waals surface area contributed by atoms with Crippen molar-refractivity contribution in [2.45, 2.75) is 20.0 Å². The van der Waals surface area contributed by atoms with Gasteiger partial charge < -0.3 is 9.84 Å². The molecule has 0 aliphatic heterocycles. The van der Waals surface area contributed by atoms with Crippen LogP contribution in [0.2, 0.25) is 0 Å². The lowest BCUT2D eigenvalue weighted by Gasteiger charge is -2.10. The molecule has 3 aromatic heterocycles. The first-order chi connectivity index (χ1) is 19.4. The third kappa shape index (κ3) is 5.02. The average molecular weight is 528 g/mol. The summed E-state index contributed by atoms with van der Waals surface area (Å²) in [6.45, 7) is 4.01. The molecule has 40 heavy (non-hydrogen) atoms. The predicted molar refractivity (Wildman–Crippen MR) is 153 cm³/mol. The minimum Gasteiger partial charge on any atom is -0.491 e. The van der Waals surface area contributed by atoms with Gasteiger partial charge in [-0.05, 0) is 67.4 Å². The van der Waals surface area contributed by atoms with E-state index in [-0.39, 0.29) is 11.7 Å². The molecule has 0 saturated carbocycles. The Balaban J connectivity index is 1.40. The van der Waals surface area contributed by atoms with Gasteiger partial charge in [0.2, 0.25) is 0 Å². The minimum absolute atomic E-state index is 0.124. The number of hydrogen-bond acceptors (Lipinski definition) is 6. The van der Waals surface area contributed by atoms with Gasteiger partial charge in [-0.1, -0.05) is 42.5 Å². The van der Waals surface area contributed by atoms with Gasteiger partial charge in [0.05, 0.1) is 34.1 Å². The first-order valence-corrected chi connectivity index (χ1v) is 12.8. The summed E-state index contributed by atoms with van der Waals surface area (Å²) in [5, 5.41) is 14.4. The maximum Gasteiger partial charge on any atom is 0.335 e. The van der Waals surface area contributed by atoms with Crippen molar-refractivity contribution in [1.29, 1.82) is 0 Å². The average Bonchev–Trinajstić information content (AvgIpc) is 3.43. The number of carbonyl (C=O) groups is 1. The van der Waals surface area contributed by atoms with Crippen LogP contribution in [0.15, 0.2) is 104 Å². The van der Waals surface area contributed by atoms with E-state index in [9.17, 15) is 9.90 Å². The normalized spacial score (nSPS) is 11.2. The number of fused-ring (bicyclic) bond motifs is 1.